The summed E-state index contributed by atoms with van der Waals surface area (Å²) in [7, 11) is 0. The fourth-order valence-electron chi connectivity index (χ4n) is 3.71. The largest absolute Gasteiger partial charge is 0.475 e. The molecular weight excluding hydrogens is 394 g/mol. The lowest BCUT2D eigenvalue weighted by Gasteiger charge is -2.09. The summed E-state index contributed by atoms with van der Waals surface area (Å²) in [4.78, 5) is 35.7. The third-order valence-electron chi connectivity index (χ3n) is 4.98. The molecule has 0 aliphatic rings. The Hall–Kier alpha value is -4.07. The summed E-state index contributed by atoms with van der Waals surface area (Å²) in [6, 6.07) is 12.9. The molecule has 1 aromatic heterocycles. The van der Waals surface area contributed by atoms with Crippen LogP contribution in [-0.2, 0) is 11.3 Å². The number of amides is 1. The summed E-state index contributed by atoms with van der Waals surface area (Å²) in [5.41, 5.74) is 6.32. The fourth-order valence-corrected chi connectivity index (χ4v) is 3.71. The number of carboxylic acid groups (broad SMARTS) is 1. The molecule has 0 unspecified atom stereocenters. The van der Waals surface area contributed by atoms with Gasteiger partial charge >= 0.3 is 5.97 Å². The van der Waals surface area contributed by atoms with Gasteiger partial charge in [-0.2, -0.15) is 0 Å². The molecule has 30 heavy (non-hydrogen) atoms. The number of halogens is 2. The van der Waals surface area contributed by atoms with Crippen molar-refractivity contribution >= 4 is 39.5 Å². The van der Waals surface area contributed by atoms with Crippen molar-refractivity contribution in [1.82, 2.24) is 4.57 Å². The van der Waals surface area contributed by atoms with E-state index in [2.05, 4.69) is 0 Å². The van der Waals surface area contributed by atoms with Gasteiger partial charge in [0.1, 0.15) is 0 Å². The maximum absolute atomic E-state index is 14.3. The van der Waals surface area contributed by atoms with Crippen molar-refractivity contribution in [3.63, 3.8) is 0 Å². The zero-order valence-electron chi connectivity index (χ0n) is 15.4. The van der Waals surface area contributed by atoms with E-state index in [1.807, 2.05) is 0 Å². The number of carbonyl (C=O) groups excluding carboxylic acids is 2. The van der Waals surface area contributed by atoms with E-state index in [1.54, 1.807) is 22.8 Å². The van der Waals surface area contributed by atoms with Gasteiger partial charge < -0.3 is 15.4 Å². The molecule has 0 aliphatic carbocycles. The van der Waals surface area contributed by atoms with Crippen LogP contribution in [0, 0.1) is 11.6 Å². The molecule has 1 amide bonds. The number of nitrogens with two attached hydrogens (primary N) is 1. The molecule has 0 fully saturated rings. The Balaban J connectivity index is 2.13. The highest BCUT2D eigenvalue weighted by Crippen LogP contribution is 2.35. The molecule has 4 rings (SSSR count). The number of fused-ring (bicyclic) bond motifs is 3. The van der Waals surface area contributed by atoms with E-state index in [9.17, 15) is 28.3 Å². The van der Waals surface area contributed by atoms with Crippen molar-refractivity contribution in [2.75, 3.05) is 0 Å². The van der Waals surface area contributed by atoms with E-state index in [0.717, 1.165) is 6.07 Å². The van der Waals surface area contributed by atoms with Crippen LogP contribution < -0.4 is 5.73 Å². The van der Waals surface area contributed by atoms with Crippen LogP contribution in [0.2, 0.25) is 0 Å². The predicted octanol–water partition coefficient (Wildman–Crippen LogP) is 3.49. The van der Waals surface area contributed by atoms with Crippen LogP contribution >= 0.6 is 0 Å². The molecule has 0 atom stereocenters. The van der Waals surface area contributed by atoms with Crippen molar-refractivity contribution in [3.05, 3.63) is 82.9 Å². The second-order valence-corrected chi connectivity index (χ2v) is 6.70. The highest BCUT2D eigenvalue weighted by Gasteiger charge is 2.24. The minimum Gasteiger partial charge on any atom is -0.475 e. The summed E-state index contributed by atoms with van der Waals surface area (Å²) in [5, 5.41) is 9.71. The number of aromatic nitrogens is 1. The van der Waals surface area contributed by atoms with Crippen LogP contribution in [0.5, 0.6) is 0 Å². The van der Waals surface area contributed by atoms with E-state index in [4.69, 9.17) is 5.73 Å². The van der Waals surface area contributed by atoms with Crippen LogP contribution in [0.15, 0.2) is 54.6 Å². The van der Waals surface area contributed by atoms with Gasteiger partial charge in [0.15, 0.2) is 11.6 Å². The number of carbonyl (C=O) groups is 3. The molecular formula is C22H14F2N2O4. The standard InChI is InChI=1S/C22H14F2N2O4/c23-14-7-1-4-11(19(14)24)10-26-15-8-2-5-12(20(27)22(29)30)17(15)18-13(21(25)28)6-3-9-16(18)26/h1-9H,10H2,(H2,25,28)(H,29,30). The van der Waals surface area contributed by atoms with Gasteiger partial charge in [-0.25, -0.2) is 13.6 Å². The van der Waals surface area contributed by atoms with Crippen LogP contribution in [0.4, 0.5) is 8.78 Å². The maximum atomic E-state index is 14.3. The number of aliphatic carboxylic acids is 1. The SMILES string of the molecule is NC(=O)c1cccc2c1c1c(C(=O)C(=O)O)cccc1n2Cc1cccc(F)c1F. The molecule has 6 nitrogen and oxygen atoms in total. The van der Waals surface area contributed by atoms with E-state index in [0.29, 0.717) is 11.0 Å². The van der Waals surface area contributed by atoms with E-state index >= 15 is 0 Å². The van der Waals surface area contributed by atoms with E-state index < -0.39 is 29.3 Å². The predicted molar refractivity (Wildman–Crippen MR) is 105 cm³/mol. The van der Waals surface area contributed by atoms with Gasteiger partial charge in [0, 0.05) is 27.5 Å². The molecule has 4 aromatic rings. The molecule has 1 heterocycles. The molecule has 0 bridgehead atoms. The third-order valence-corrected chi connectivity index (χ3v) is 4.98. The number of rotatable bonds is 5. The molecule has 3 N–H and O–H groups in total. The zero-order chi connectivity index (χ0) is 21.6. The molecule has 8 heteroatoms. The number of Topliss-reactive ketones (excluding diaryl/α,β-unsaturated/α-hetero) is 1. The topological polar surface area (TPSA) is 102 Å². The Bertz CT molecular complexity index is 1370. The number of hydrogen-bond acceptors (Lipinski definition) is 3. The maximum Gasteiger partial charge on any atom is 0.377 e. The molecule has 0 radical (unpaired) electrons. The average Bonchev–Trinajstić information content (AvgIpc) is 3.04. The van der Waals surface area contributed by atoms with Crippen LogP contribution in [0.25, 0.3) is 21.8 Å². The first-order valence-electron chi connectivity index (χ1n) is 8.85. The molecule has 150 valence electrons. The highest BCUT2D eigenvalue weighted by atomic mass is 19.2. The normalized spacial score (nSPS) is 11.1. The van der Waals surface area contributed by atoms with Crippen LogP contribution in [-0.4, -0.2) is 27.3 Å². The minimum absolute atomic E-state index is 0.0493. The number of carboxylic acids is 1. The van der Waals surface area contributed by atoms with Crippen molar-refractivity contribution in [3.8, 4) is 0 Å². The van der Waals surface area contributed by atoms with Gasteiger partial charge in [0.25, 0.3) is 5.78 Å². The first-order valence-corrected chi connectivity index (χ1v) is 8.85. The lowest BCUT2D eigenvalue weighted by molar-refractivity contribution is -0.131. The number of ketones is 1. The smallest absolute Gasteiger partial charge is 0.377 e. The Morgan fingerprint density at radius 3 is 2.03 bits per heavy atom. The van der Waals surface area contributed by atoms with Crippen molar-refractivity contribution < 1.29 is 28.3 Å². The second-order valence-electron chi connectivity index (χ2n) is 6.70. The van der Waals surface area contributed by atoms with Gasteiger partial charge in [0.2, 0.25) is 5.91 Å². The van der Waals surface area contributed by atoms with Gasteiger partial charge in [-0.1, -0.05) is 24.3 Å². The van der Waals surface area contributed by atoms with Crippen LogP contribution in [0.1, 0.15) is 26.3 Å². The highest BCUT2D eigenvalue weighted by molar-refractivity contribution is 6.43. The Morgan fingerprint density at radius 1 is 0.867 bits per heavy atom. The lowest BCUT2D eigenvalue weighted by atomic mass is 9.99. The monoisotopic (exact) mass is 408 g/mol. The molecule has 0 saturated carbocycles. The quantitative estimate of drug-likeness (QED) is 0.390. The summed E-state index contributed by atoms with van der Waals surface area (Å²) in [6.45, 7) is -0.115. The van der Waals surface area contributed by atoms with E-state index in [-0.39, 0.29) is 34.0 Å². The number of primary amides is 1. The number of benzene rings is 3. The summed E-state index contributed by atoms with van der Waals surface area (Å²) in [5.74, 6) is -5.61. The molecule has 0 aliphatic heterocycles. The van der Waals surface area contributed by atoms with Gasteiger partial charge in [-0.15, -0.1) is 0 Å². The molecule has 3 aromatic carbocycles. The number of hydrogen-bond donors (Lipinski definition) is 2. The Kier molecular flexibility index (Phi) is 4.54. The van der Waals surface area contributed by atoms with Gasteiger partial charge in [0.05, 0.1) is 17.6 Å². The number of nitrogens with zero attached hydrogens (tertiary/aromatic N) is 1. The van der Waals surface area contributed by atoms with E-state index in [1.165, 1.54) is 30.3 Å². The van der Waals surface area contributed by atoms with Crippen LogP contribution in [0.3, 0.4) is 0 Å². The van der Waals surface area contributed by atoms with Gasteiger partial charge in [-0.05, 0) is 30.3 Å². The molecule has 0 saturated heterocycles. The van der Waals surface area contributed by atoms with Gasteiger partial charge in [-0.3, -0.25) is 9.59 Å². The molecule has 0 spiro atoms. The first-order chi connectivity index (χ1) is 14.3. The van der Waals surface area contributed by atoms with Crippen molar-refractivity contribution in [2.24, 2.45) is 5.73 Å². The summed E-state index contributed by atoms with van der Waals surface area (Å²) < 4.78 is 29.6. The Morgan fingerprint density at radius 2 is 1.43 bits per heavy atom. The summed E-state index contributed by atoms with van der Waals surface area (Å²) >= 11 is 0. The second kappa shape index (κ2) is 7.07. The first kappa shape index (κ1) is 19.3. The fraction of sp³-hybridized carbons (Fsp3) is 0.0455. The Labute approximate surface area is 168 Å². The third kappa shape index (κ3) is 2.89. The lowest BCUT2D eigenvalue weighted by Crippen LogP contribution is -2.14. The van der Waals surface area contributed by atoms with Crippen molar-refractivity contribution in [1.29, 1.82) is 0 Å². The summed E-state index contributed by atoms with van der Waals surface area (Å²) in [6.07, 6.45) is 0. The average molecular weight is 408 g/mol. The van der Waals surface area contributed by atoms with Crippen molar-refractivity contribution in [2.45, 2.75) is 6.54 Å². The zero-order valence-corrected chi connectivity index (χ0v) is 15.4. The minimum atomic E-state index is -1.66.